The highest BCUT2D eigenvalue weighted by Crippen LogP contribution is 2.21. The highest BCUT2D eigenvalue weighted by molar-refractivity contribution is 7.89. The van der Waals surface area contributed by atoms with Crippen LogP contribution in [0.25, 0.3) is 0 Å². The summed E-state index contributed by atoms with van der Waals surface area (Å²) in [5.74, 6) is 0.0757. The first-order valence-corrected chi connectivity index (χ1v) is 7.74. The van der Waals surface area contributed by atoms with Crippen LogP contribution in [0.4, 0.5) is 5.82 Å². The number of nitrogen functional groups attached to an aromatic ring is 1. The molecule has 6 nitrogen and oxygen atoms in total. The van der Waals surface area contributed by atoms with Crippen molar-refractivity contribution >= 4 is 15.8 Å². The van der Waals surface area contributed by atoms with E-state index in [0.29, 0.717) is 19.6 Å². The van der Waals surface area contributed by atoms with Crippen molar-refractivity contribution in [3.8, 4) is 0 Å². The highest BCUT2D eigenvalue weighted by atomic mass is 32.2. The van der Waals surface area contributed by atoms with Crippen LogP contribution in [0.5, 0.6) is 0 Å². The van der Waals surface area contributed by atoms with E-state index in [4.69, 9.17) is 5.73 Å². The topological polar surface area (TPSA) is 81.2 Å². The van der Waals surface area contributed by atoms with Crippen molar-refractivity contribution in [3.05, 3.63) is 6.20 Å². The standard InChI is InChI=1S/C11H22N4O2S/c1-4-7-8-15(6-3)18(16,17)10-9-14(5-2)13-11(10)12/h9H,4-8H2,1-3H3,(H2,12,13). The van der Waals surface area contributed by atoms with E-state index < -0.39 is 10.0 Å². The molecule has 0 saturated carbocycles. The molecule has 1 aromatic heterocycles. The number of nitrogens with zero attached hydrogens (tertiary/aromatic N) is 3. The second kappa shape index (κ2) is 6.19. The fraction of sp³-hybridized carbons (Fsp3) is 0.727. The Labute approximate surface area is 109 Å². The summed E-state index contributed by atoms with van der Waals surface area (Å²) in [7, 11) is -3.52. The molecule has 0 aliphatic carbocycles. The van der Waals surface area contributed by atoms with Crippen molar-refractivity contribution in [2.24, 2.45) is 0 Å². The summed E-state index contributed by atoms with van der Waals surface area (Å²) >= 11 is 0. The fourth-order valence-electron chi connectivity index (χ4n) is 1.70. The van der Waals surface area contributed by atoms with Gasteiger partial charge < -0.3 is 5.73 Å². The third-order valence-corrected chi connectivity index (χ3v) is 4.80. The molecule has 0 aliphatic rings. The van der Waals surface area contributed by atoms with E-state index in [-0.39, 0.29) is 10.7 Å². The molecule has 0 spiro atoms. The molecule has 0 unspecified atom stereocenters. The first-order valence-electron chi connectivity index (χ1n) is 6.30. The van der Waals surface area contributed by atoms with Crippen molar-refractivity contribution in [2.75, 3.05) is 18.8 Å². The summed E-state index contributed by atoms with van der Waals surface area (Å²) in [6.45, 7) is 7.31. The number of hydrogen-bond donors (Lipinski definition) is 1. The van der Waals surface area contributed by atoms with Gasteiger partial charge in [0.15, 0.2) is 5.82 Å². The molecule has 0 radical (unpaired) electrons. The molecule has 0 aliphatic heterocycles. The lowest BCUT2D eigenvalue weighted by Crippen LogP contribution is -2.32. The maximum Gasteiger partial charge on any atom is 0.248 e. The molecule has 0 aromatic carbocycles. The number of unbranched alkanes of at least 4 members (excludes halogenated alkanes) is 1. The van der Waals surface area contributed by atoms with Crippen LogP contribution in [0.1, 0.15) is 33.6 Å². The molecule has 18 heavy (non-hydrogen) atoms. The Morgan fingerprint density at radius 3 is 2.50 bits per heavy atom. The van der Waals surface area contributed by atoms with Gasteiger partial charge in [-0.3, -0.25) is 4.68 Å². The summed E-state index contributed by atoms with van der Waals surface area (Å²) in [6.07, 6.45) is 3.30. The molecule has 0 fully saturated rings. The van der Waals surface area contributed by atoms with E-state index in [1.54, 1.807) is 0 Å². The van der Waals surface area contributed by atoms with Crippen LogP contribution in [-0.4, -0.2) is 35.6 Å². The lowest BCUT2D eigenvalue weighted by atomic mass is 10.3. The maximum absolute atomic E-state index is 12.4. The monoisotopic (exact) mass is 274 g/mol. The molecule has 0 amide bonds. The largest absolute Gasteiger partial charge is 0.381 e. The van der Waals surface area contributed by atoms with Gasteiger partial charge >= 0.3 is 0 Å². The molecule has 1 heterocycles. The Kier molecular flexibility index (Phi) is 5.15. The lowest BCUT2D eigenvalue weighted by molar-refractivity contribution is 0.419. The summed E-state index contributed by atoms with van der Waals surface area (Å²) < 4.78 is 27.8. The fourth-order valence-corrected chi connectivity index (χ4v) is 3.25. The van der Waals surface area contributed by atoms with Crippen molar-refractivity contribution in [3.63, 3.8) is 0 Å². The minimum absolute atomic E-state index is 0.0757. The van der Waals surface area contributed by atoms with Crippen LogP contribution in [0, 0.1) is 0 Å². The first kappa shape index (κ1) is 15.0. The van der Waals surface area contributed by atoms with E-state index in [0.717, 1.165) is 12.8 Å². The number of rotatable bonds is 7. The first-order chi connectivity index (χ1) is 8.47. The summed E-state index contributed by atoms with van der Waals surface area (Å²) in [5.41, 5.74) is 5.69. The van der Waals surface area contributed by atoms with E-state index in [2.05, 4.69) is 5.10 Å². The Morgan fingerprint density at radius 2 is 2.06 bits per heavy atom. The SMILES string of the molecule is CCCCN(CC)S(=O)(=O)c1cn(CC)nc1N. The Hall–Kier alpha value is -1.08. The minimum atomic E-state index is -3.52. The summed E-state index contributed by atoms with van der Waals surface area (Å²) in [5, 5.41) is 3.98. The van der Waals surface area contributed by atoms with Crippen molar-refractivity contribution in [1.29, 1.82) is 0 Å². The minimum Gasteiger partial charge on any atom is -0.381 e. The lowest BCUT2D eigenvalue weighted by Gasteiger charge is -2.19. The molecule has 0 atom stereocenters. The van der Waals surface area contributed by atoms with Gasteiger partial charge in [0, 0.05) is 25.8 Å². The van der Waals surface area contributed by atoms with Crippen LogP contribution in [-0.2, 0) is 16.6 Å². The second-order valence-electron chi connectivity index (χ2n) is 4.08. The zero-order valence-electron chi connectivity index (χ0n) is 11.3. The van der Waals surface area contributed by atoms with Gasteiger partial charge in [0.05, 0.1) is 0 Å². The number of sulfonamides is 1. The van der Waals surface area contributed by atoms with Crippen LogP contribution < -0.4 is 5.73 Å². The number of anilines is 1. The molecule has 2 N–H and O–H groups in total. The van der Waals surface area contributed by atoms with Crippen LogP contribution in [0.15, 0.2) is 11.1 Å². The van der Waals surface area contributed by atoms with Gasteiger partial charge in [-0.15, -0.1) is 0 Å². The average Bonchev–Trinajstić information content (AvgIpc) is 2.72. The van der Waals surface area contributed by atoms with E-state index >= 15 is 0 Å². The molecule has 0 saturated heterocycles. The van der Waals surface area contributed by atoms with Gasteiger partial charge in [0.1, 0.15) is 4.90 Å². The third kappa shape index (κ3) is 3.02. The van der Waals surface area contributed by atoms with Gasteiger partial charge in [-0.05, 0) is 13.3 Å². The van der Waals surface area contributed by atoms with Gasteiger partial charge in [0.25, 0.3) is 0 Å². The number of aryl methyl sites for hydroxylation is 1. The van der Waals surface area contributed by atoms with Crippen LogP contribution in [0.2, 0.25) is 0 Å². The van der Waals surface area contributed by atoms with Crippen LogP contribution in [0.3, 0.4) is 0 Å². The van der Waals surface area contributed by atoms with Crippen molar-refractivity contribution in [1.82, 2.24) is 14.1 Å². The molecule has 1 rings (SSSR count). The van der Waals surface area contributed by atoms with E-state index in [9.17, 15) is 8.42 Å². The highest BCUT2D eigenvalue weighted by Gasteiger charge is 2.27. The predicted molar refractivity (Wildman–Crippen MR) is 71.7 cm³/mol. The number of nitrogens with two attached hydrogens (primary N) is 1. The molecule has 0 bridgehead atoms. The predicted octanol–water partition coefficient (Wildman–Crippen LogP) is 1.30. The molecular weight excluding hydrogens is 252 g/mol. The van der Waals surface area contributed by atoms with E-state index in [1.165, 1.54) is 15.2 Å². The normalized spacial score (nSPS) is 12.2. The Balaban J connectivity index is 3.06. The second-order valence-corrected chi connectivity index (χ2v) is 5.99. The maximum atomic E-state index is 12.4. The van der Waals surface area contributed by atoms with Gasteiger partial charge in [0.2, 0.25) is 10.0 Å². The summed E-state index contributed by atoms with van der Waals surface area (Å²) in [4.78, 5) is 0.113. The van der Waals surface area contributed by atoms with Crippen LogP contribution >= 0.6 is 0 Å². The van der Waals surface area contributed by atoms with E-state index in [1.807, 2.05) is 20.8 Å². The summed E-state index contributed by atoms with van der Waals surface area (Å²) in [6, 6.07) is 0. The molecular formula is C11H22N4O2S. The third-order valence-electron chi connectivity index (χ3n) is 2.81. The quantitative estimate of drug-likeness (QED) is 0.812. The average molecular weight is 274 g/mol. The smallest absolute Gasteiger partial charge is 0.248 e. The van der Waals surface area contributed by atoms with Gasteiger partial charge in [-0.2, -0.15) is 9.40 Å². The number of aromatic nitrogens is 2. The Morgan fingerprint density at radius 1 is 1.39 bits per heavy atom. The molecule has 1 aromatic rings. The zero-order valence-corrected chi connectivity index (χ0v) is 12.1. The van der Waals surface area contributed by atoms with Crippen molar-refractivity contribution < 1.29 is 8.42 Å². The Bertz CT molecular complexity index is 481. The number of hydrogen-bond acceptors (Lipinski definition) is 4. The molecule has 104 valence electrons. The zero-order chi connectivity index (χ0) is 13.8. The van der Waals surface area contributed by atoms with Gasteiger partial charge in [-0.25, -0.2) is 8.42 Å². The van der Waals surface area contributed by atoms with Gasteiger partial charge in [-0.1, -0.05) is 20.3 Å². The van der Waals surface area contributed by atoms with Crippen molar-refractivity contribution in [2.45, 2.75) is 45.1 Å². The molecule has 7 heteroatoms.